The molecular weight excluding hydrogens is 638 g/mol. The molecule has 2 heterocycles. The van der Waals surface area contributed by atoms with Crippen LogP contribution in [0.1, 0.15) is 13.8 Å². The van der Waals surface area contributed by atoms with Crippen LogP contribution in [0.15, 0.2) is 40.5 Å². The highest BCUT2D eigenvalue weighted by atomic mass is 32.2. The van der Waals surface area contributed by atoms with E-state index in [-0.39, 0.29) is 23.0 Å². The van der Waals surface area contributed by atoms with Crippen LogP contribution in [0.2, 0.25) is 0 Å². The van der Waals surface area contributed by atoms with Crippen LogP contribution in [0.25, 0.3) is 11.2 Å². The number of halogens is 6. The number of anilines is 1. The van der Waals surface area contributed by atoms with Crippen LogP contribution in [-0.4, -0.2) is 72.8 Å². The predicted octanol–water partition coefficient (Wildman–Crippen LogP) is 5.56. The largest absolute Gasteiger partial charge is 0.492 e. The Morgan fingerprint density at radius 1 is 1.02 bits per heavy atom. The number of imidazole rings is 1. The summed E-state index contributed by atoms with van der Waals surface area (Å²) in [5.41, 5.74) is 3.03. The highest BCUT2D eigenvalue weighted by Gasteiger charge is 2.54. The van der Waals surface area contributed by atoms with Gasteiger partial charge >= 0.3 is 12.4 Å². The van der Waals surface area contributed by atoms with Gasteiger partial charge in [0, 0.05) is 6.54 Å². The standard InChI is InChI=1S/C22H27F6N5O6P2S/c1-13(2)9-39-14-5-3-4-6-15(14)42-18-16-17(31-19(29)32-18)33(12-30-16)7-8-38-20(40(34,35)10-21(23,24)25)41(36,37)11-22(26,27)28/h3-6,12-13,20H,7-11H2,1-2H3,(H,34,35)(H,36,37)(H2,29,31,32). The van der Waals surface area contributed by atoms with Crippen molar-refractivity contribution in [1.29, 1.82) is 0 Å². The first-order chi connectivity index (χ1) is 19.3. The highest BCUT2D eigenvalue weighted by Crippen LogP contribution is 2.67. The van der Waals surface area contributed by atoms with Crippen LogP contribution in [0.3, 0.4) is 0 Å². The quantitative estimate of drug-likeness (QED) is 0.119. The van der Waals surface area contributed by atoms with Gasteiger partial charge < -0.3 is 29.6 Å². The minimum absolute atomic E-state index is 0.0932. The lowest BCUT2D eigenvalue weighted by Gasteiger charge is -2.28. The Morgan fingerprint density at radius 3 is 2.19 bits per heavy atom. The zero-order valence-corrected chi connectivity index (χ0v) is 24.6. The van der Waals surface area contributed by atoms with E-state index >= 15 is 0 Å². The number of nitrogens with zero attached hydrogens (tertiary/aromatic N) is 4. The number of ether oxygens (including phenoxy) is 2. The van der Waals surface area contributed by atoms with Crippen molar-refractivity contribution in [3.63, 3.8) is 0 Å². The Bertz CT molecular complexity index is 1450. The number of rotatable bonds is 13. The van der Waals surface area contributed by atoms with Gasteiger partial charge in [0.15, 0.2) is 5.65 Å². The SMILES string of the molecule is CC(C)COc1ccccc1Sc1nc(N)nc2c1ncn2CCOC(P(=O)(O)CC(F)(F)F)P(=O)(O)CC(F)(F)F. The van der Waals surface area contributed by atoms with E-state index in [1.807, 2.05) is 13.8 Å². The molecule has 3 aromatic rings. The highest BCUT2D eigenvalue weighted by molar-refractivity contribution is 7.99. The molecule has 0 saturated heterocycles. The van der Waals surface area contributed by atoms with Crippen molar-refractivity contribution in [2.24, 2.45) is 5.92 Å². The van der Waals surface area contributed by atoms with E-state index in [2.05, 4.69) is 15.0 Å². The molecule has 0 spiro atoms. The Labute approximate surface area is 239 Å². The maximum atomic E-state index is 12.9. The Hall–Kier alpha value is -2.36. The Kier molecular flexibility index (Phi) is 10.6. The van der Waals surface area contributed by atoms with Gasteiger partial charge in [-0.3, -0.25) is 9.13 Å². The van der Waals surface area contributed by atoms with Crippen LogP contribution in [0.4, 0.5) is 32.3 Å². The maximum absolute atomic E-state index is 12.9. The monoisotopic (exact) mass is 665 g/mol. The molecule has 0 saturated carbocycles. The topological polar surface area (TPSA) is 163 Å². The van der Waals surface area contributed by atoms with E-state index in [1.165, 1.54) is 10.9 Å². The number of hydrogen-bond acceptors (Lipinski definition) is 9. The summed E-state index contributed by atoms with van der Waals surface area (Å²) < 4.78 is 114. The number of aromatic nitrogens is 4. The third-order valence-corrected chi connectivity index (χ3v) is 11.7. The molecule has 2 atom stereocenters. The molecule has 0 aliphatic rings. The third kappa shape index (κ3) is 9.58. The molecule has 0 aliphatic heterocycles. The van der Waals surface area contributed by atoms with Crippen LogP contribution < -0.4 is 10.5 Å². The van der Waals surface area contributed by atoms with E-state index in [9.17, 15) is 45.3 Å². The summed E-state index contributed by atoms with van der Waals surface area (Å²) in [7, 11) is -11.6. The zero-order valence-electron chi connectivity index (χ0n) is 22.0. The van der Waals surface area contributed by atoms with Gasteiger partial charge in [0.1, 0.15) is 28.6 Å². The summed E-state index contributed by atoms with van der Waals surface area (Å²) in [6.45, 7) is 3.16. The van der Waals surface area contributed by atoms with Crippen molar-refractivity contribution in [3.8, 4) is 5.75 Å². The van der Waals surface area contributed by atoms with Crippen LogP contribution in [0.5, 0.6) is 5.75 Å². The average Bonchev–Trinajstić information content (AvgIpc) is 3.20. The molecule has 0 aliphatic carbocycles. The van der Waals surface area contributed by atoms with E-state index in [4.69, 9.17) is 15.2 Å². The lowest BCUT2D eigenvalue weighted by Crippen LogP contribution is -2.27. The summed E-state index contributed by atoms with van der Waals surface area (Å²) in [6, 6.07) is 7.09. The number of para-hydroxylation sites is 1. The normalized spacial score (nSPS) is 16.4. The molecule has 3 rings (SSSR count). The average molecular weight is 665 g/mol. The summed E-state index contributed by atoms with van der Waals surface area (Å²) >= 11 is 1.15. The Morgan fingerprint density at radius 2 is 1.62 bits per heavy atom. The molecule has 11 nitrogen and oxygen atoms in total. The molecule has 0 radical (unpaired) electrons. The van der Waals surface area contributed by atoms with Gasteiger partial charge in [0.25, 0.3) is 0 Å². The van der Waals surface area contributed by atoms with Crippen molar-refractivity contribution in [2.45, 2.75) is 48.3 Å². The van der Waals surface area contributed by atoms with Gasteiger partial charge in [-0.25, -0.2) is 9.97 Å². The number of alkyl halides is 6. The number of nitrogens with two attached hydrogens (primary N) is 1. The molecule has 20 heteroatoms. The molecule has 0 bridgehead atoms. The summed E-state index contributed by atoms with van der Waals surface area (Å²) in [5, 5.41) is 0.297. The van der Waals surface area contributed by atoms with E-state index < -0.39 is 58.2 Å². The van der Waals surface area contributed by atoms with Gasteiger partial charge in [-0.2, -0.15) is 31.3 Å². The number of fused-ring (bicyclic) bond motifs is 1. The fourth-order valence-corrected chi connectivity index (χ4v) is 9.35. The summed E-state index contributed by atoms with van der Waals surface area (Å²) in [6.07, 6.45) is -14.5. The van der Waals surface area contributed by atoms with E-state index in [0.29, 0.717) is 22.3 Å². The first-order valence-electron chi connectivity index (χ1n) is 12.0. The number of hydrogen-bond donors (Lipinski definition) is 3. The van der Waals surface area contributed by atoms with Crippen molar-refractivity contribution in [1.82, 2.24) is 19.5 Å². The van der Waals surface area contributed by atoms with Crippen LogP contribution >= 0.6 is 26.5 Å². The van der Waals surface area contributed by atoms with Crippen molar-refractivity contribution < 1.29 is 54.7 Å². The minimum Gasteiger partial charge on any atom is -0.492 e. The molecule has 0 fully saturated rings. The lowest BCUT2D eigenvalue weighted by atomic mass is 10.2. The Balaban J connectivity index is 1.86. The molecule has 1 aromatic carbocycles. The first kappa shape index (κ1) is 34.1. The van der Waals surface area contributed by atoms with Crippen molar-refractivity contribution in [3.05, 3.63) is 30.6 Å². The van der Waals surface area contributed by atoms with Crippen LogP contribution in [-0.2, 0) is 20.4 Å². The van der Waals surface area contributed by atoms with E-state index in [1.54, 1.807) is 24.3 Å². The number of benzene rings is 1. The zero-order chi connectivity index (χ0) is 31.5. The van der Waals surface area contributed by atoms with Gasteiger partial charge in [0.2, 0.25) is 26.3 Å². The van der Waals surface area contributed by atoms with Gasteiger partial charge in [-0.15, -0.1) is 0 Å². The lowest BCUT2D eigenvalue weighted by molar-refractivity contribution is -0.108. The minimum atomic E-state index is -5.80. The molecule has 2 aromatic heterocycles. The molecule has 2 unspecified atom stereocenters. The van der Waals surface area contributed by atoms with Gasteiger partial charge in [-0.05, 0) is 18.1 Å². The second kappa shape index (κ2) is 13.1. The fourth-order valence-electron chi connectivity index (χ4n) is 3.62. The fraction of sp³-hybridized carbons (Fsp3) is 0.500. The van der Waals surface area contributed by atoms with Gasteiger partial charge in [-0.1, -0.05) is 37.7 Å². The maximum Gasteiger partial charge on any atom is 0.398 e. The molecule has 234 valence electrons. The van der Waals surface area contributed by atoms with Crippen molar-refractivity contribution >= 4 is 43.6 Å². The second-order valence-electron chi connectivity index (χ2n) is 9.51. The first-order valence-corrected chi connectivity index (χ1v) is 16.7. The van der Waals surface area contributed by atoms with Gasteiger partial charge in [0.05, 0.1) is 24.4 Å². The smallest absolute Gasteiger partial charge is 0.398 e. The van der Waals surface area contributed by atoms with Crippen molar-refractivity contribution in [2.75, 3.05) is 31.3 Å². The summed E-state index contributed by atoms with van der Waals surface area (Å²) in [4.78, 5) is 33.0. The van der Waals surface area contributed by atoms with Crippen LogP contribution in [0, 0.1) is 5.92 Å². The third-order valence-electron chi connectivity index (χ3n) is 5.18. The number of nitrogen functional groups attached to an aromatic ring is 1. The summed E-state index contributed by atoms with van der Waals surface area (Å²) in [5.74, 6) is 0.629. The molecular formula is C22H27F6N5O6P2S. The van der Waals surface area contributed by atoms with E-state index in [0.717, 1.165) is 11.8 Å². The second-order valence-corrected chi connectivity index (χ2v) is 15.5. The molecule has 0 amide bonds. The molecule has 42 heavy (non-hydrogen) atoms. The predicted molar refractivity (Wildman–Crippen MR) is 142 cm³/mol. The molecule has 4 N–H and O–H groups in total.